The smallest absolute Gasteiger partial charge is 0.278 e. The van der Waals surface area contributed by atoms with Crippen LogP contribution in [0.3, 0.4) is 0 Å². The van der Waals surface area contributed by atoms with Gasteiger partial charge < -0.3 is 0 Å². The summed E-state index contributed by atoms with van der Waals surface area (Å²) in [4.78, 5) is 34.3. The van der Waals surface area contributed by atoms with Crippen LogP contribution in [0.4, 0.5) is 5.69 Å². The Morgan fingerprint density at radius 2 is 1.89 bits per heavy atom. The molecule has 94 valence electrons. The molecule has 0 unspecified atom stereocenters. The van der Waals surface area contributed by atoms with E-state index in [1.165, 1.54) is 6.07 Å². The van der Waals surface area contributed by atoms with Gasteiger partial charge in [0.2, 0.25) is 11.8 Å². The number of amides is 2. The molecule has 1 fully saturated rings. The lowest BCUT2D eigenvalue weighted by molar-refractivity contribution is -0.385. The lowest BCUT2D eigenvalue weighted by Crippen LogP contribution is -2.28. The van der Waals surface area contributed by atoms with Gasteiger partial charge in [-0.1, -0.05) is 6.07 Å². The molecule has 0 bridgehead atoms. The van der Waals surface area contributed by atoms with Crippen molar-refractivity contribution in [3.63, 3.8) is 0 Å². The fourth-order valence-electron chi connectivity index (χ4n) is 1.78. The fourth-order valence-corrected chi connectivity index (χ4v) is 2.17. The predicted octanol–water partition coefficient (Wildman–Crippen LogP) is 2.01. The van der Waals surface area contributed by atoms with Crippen LogP contribution in [0.5, 0.6) is 0 Å². The van der Waals surface area contributed by atoms with Gasteiger partial charge in [-0.2, -0.15) is 0 Å². The molecular weight excluding hydrogens is 304 g/mol. The largest absolute Gasteiger partial charge is 0.283 e. The second kappa shape index (κ2) is 4.85. The standard InChI is InChI=1S/C11H9BrN2O4/c12-8-2-1-7(5-9(8)14(17)18)6-13-10(15)3-4-11(13)16/h1-2,5H,3-4,6H2. The zero-order valence-electron chi connectivity index (χ0n) is 9.26. The molecule has 0 aromatic heterocycles. The summed E-state index contributed by atoms with van der Waals surface area (Å²) in [5.74, 6) is -0.462. The Bertz CT molecular complexity index is 528. The summed E-state index contributed by atoms with van der Waals surface area (Å²) in [6, 6.07) is 4.55. The van der Waals surface area contributed by atoms with Gasteiger partial charge in [0.1, 0.15) is 0 Å². The molecule has 1 aliphatic rings. The average Bonchev–Trinajstić information content (AvgIpc) is 2.63. The lowest BCUT2D eigenvalue weighted by atomic mass is 10.2. The molecule has 0 radical (unpaired) electrons. The van der Waals surface area contributed by atoms with E-state index in [1.54, 1.807) is 12.1 Å². The van der Waals surface area contributed by atoms with Gasteiger partial charge in [0, 0.05) is 18.9 Å². The summed E-state index contributed by atoms with van der Waals surface area (Å²) in [7, 11) is 0. The Balaban J connectivity index is 2.24. The molecular formula is C11H9BrN2O4. The Labute approximate surface area is 111 Å². The summed E-state index contributed by atoms with van der Waals surface area (Å²) < 4.78 is 0.371. The van der Waals surface area contributed by atoms with E-state index in [4.69, 9.17) is 0 Å². The van der Waals surface area contributed by atoms with E-state index < -0.39 is 4.92 Å². The van der Waals surface area contributed by atoms with Gasteiger partial charge in [-0.25, -0.2) is 0 Å². The molecule has 0 spiro atoms. The van der Waals surface area contributed by atoms with Gasteiger partial charge in [-0.05, 0) is 27.6 Å². The first-order chi connectivity index (χ1) is 8.49. The second-order valence-electron chi connectivity index (χ2n) is 3.92. The normalized spacial score (nSPS) is 15.3. The van der Waals surface area contributed by atoms with Crippen molar-refractivity contribution in [2.24, 2.45) is 0 Å². The lowest BCUT2D eigenvalue weighted by Gasteiger charge is -2.13. The van der Waals surface area contributed by atoms with Gasteiger partial charge in [0.05, 0.1) is 15.9 Å². The number of carbonyl (C=O) groups excluding carboxylic acids is 2. The summed E-state index contributed by atoms with van der Waals surface area (Å²) in [5.41, 5.74) is 0.486. The first kappa shape index (κ1) is 12.7. The Morgan fingerprint density at radius 1 is 1.28 bits per heavy atom. The maximum absolute atomic E-state index is 11.4. The number of halogens is 1. The monoisotopic (exact) mass is 312 g/mol. The van der Waals surface area contributed by atoms with Crippen molar-refractivity contribution >= 4 is 33.4 Å². The van der Waals surface area contributed by atoms with Crippen molar-refractivity contribution in [3.05, 3.63) is 38.3 Å². The molecule has 1 aromatic carbocycles. The maximum atomic E-state index is 11.4. The number of nitro benzene ring substituents is 1. The number of rotatable bonds is 3. The van der Waals surface area contributed by atoms with E-state index in [-0.39, 0.29) is 36.9 Å². The number of nitrogens with zero attached hydrogens (tertiary/aromatic N) is 2. The minimum absolute atomic E-state index is 0.0772. The van der Waals surface area contributed by atoms with Crippen molar-refractivity contribution in [1.82, 2.24) is 4.90 Å². The molecule has 2 rings (SSSR count). The third kappa shape index (κ3) is 2.40. The SMILES string of the molecule is O=C1CCC(=O)N1Cc1ccc(Br)c([N+](=O)[O-])c1. The van der Waals surface area contributed by atoms with Gasteiger partial charge in [-0.3, -0.25) is 24.6 Å². The summed E-state index contributed by atoms with van der Waals surface area (Å²) in [6.45, 7) is 0.0891. The topological polar surface area (TPSA) is 80.5 Å². The highest BCUT2D eigenvalue weighted by Gasteiger charge is 2.29. The predicted molar refractivity (Wildman–Crippen MR) is 65.6 cm³/mol. The van der Waals surface area contributed by atoms with Gasteiger partial charge in [0.25, 0.3) is 5.69 Å². The van der Waals surface area contributed by atoms with Crippen LogP contribution in [0, 0.1) is 10.1 Å². The van der Waals surface area contributed by atoms with Crippen LogP contribution in [-0.2, 0) is 16.1 Å². The van der Waals surface area contributed by atoms with Crippen LogP contribution in [-0.4, -0.2) is 21.6 Å². The number of carbonyl (C=O) groups is 2. The Kier molecular flexibility index (Phi) is 3.42. The zero-order valence-corrected chi connectivity index (χ0v) is 10.8. The fraction of sp³-hybridized carbons (Fsp3) is 0.273. The minimum atomic E-state index is -0.513. The van der Waals surface area contributed by atoms with Crippen LogP contribution < -0.4 is 0 Å². The van der Waals surface area contributed by atoms with Crippen molar-refractivity contribution in [2.75, 3.05) is 0 Å². The van der Waals surface area contributed by atoms with E-state index in [0.717, 1.165) is 4.90 Å². The van der Waals surface area contributed by atoms with E-state index in [9.17, 15) is 19.7 Å². The number of nitro groups is 1. The van der Waals surface area contributed by atoms with E-state index in [1.807, 2.05) is 0 Å². The first-order valence-corrected chi connectivity index (χ1v) is 6.04. The number of imide groups is 1. The minimum Gasteiger partial charge on any atom is -0.278 e. The van der Waals surface area contributed by atoms with E-state index in [0.29, 0.717) is 10.0 Å². The summed E-state index contributed by atoms with van der Waals surface area (Å²) in [5, 5.41) is 10.8. The molecule has 0 aliphatic carbocycles. The molecule has 1 aromatic rings. The van der Waals surface area contributed by atoms with Gasteiger partial charge in [-0.15, -0.1) is 0 Å². The van der Waals surface area contributed by atoms with Crippen molar-refractivity contribution in [3.8, 4) is 0 Å². The van der Waals surface area contributed by atoms with Crippen LogP contribution in [0.2, 0.25) is 0 Å². The maximum Gasteiger partial charge on any atom is 0.283 e. The third-order valence-corrected chi connectivity index (χ3v) is 3.37. The number of benzene rings is 1. The van der Waals surface area contributed by atoms with Crippen LogP contribution in [0.15, 0.2) is 22.7 Å². The second-order valence-corrected chi connectivity index (χ2v) is 4.77. The molecule has 6 nitrogen and oxygen atoms in total. The highest BCUT2D eigenvalue weighted by molar-refractivity contribution is 9.10. The number of likely N-dealkylation sites (tertiary alicyclic amines) is 1. The summed E-state index contributed by atoms with van der Waals surface area (Å²) >= 11 is 3.08. The molecule has 0 atom stereocenters. The van der Waals surface area contributed by atoms with E-state index in [2.05, 4.69) is 15.9 Å². The number of hydrogen-bond donors (Lipinski definition) is 0. The molecule has 2 amide bonds. The molecule has 0 saturated carbocycles. The van der Waals surface area contributed by atoms with E-state index >= 15 is 0 Å². The van der Waals surface area contributed by atoms with Crippen molar-refractivity contribution in [2.45, 2.75) is 19.4 Å². The molecule has 18 heavy (non-hydrogen) atoms. The molecule has 0 N–H and O–H groups in total. The molecule has 1 saturated heterocycles. The average molecular weight is 313 g/mol. The molecule has 1 heterocycles. The van der Waals surface area contributed by atoms with Crippen LogP contribution >= 0.6 is 15.9 Å². The molecule has 7 heteroatoms. The van der Waals surface area contributed by atoms with Crippen molar-refractivity contribution < 1.29 is 14.5 Å². The van der Waals surface area contributed by atoms with Crippen LogP contribution in [0.1, 0.15) is 18.4 Å². The highest BCUT2D eigenvalue weighted by Crippen LogP contribution is 2.27. The Hall–Kier alpha value is -1.76. The first-order valence-electron chi connectivity index (χ1n) is 5.25. The zero-order chi connectivity index (χ0) is 13.3. The molecule has 1 aliphatic heterocycles. The van der Waals surface area contributed by atoms with Crippen LogP contribution in [0.25, 0.3) is 0 Å². The number of hydrogen-bond acceptors (Lipinski definition) is 4. The van der Waals surface area contributed by atoms with Gasteiger partial charge in [0.15, 0.2) is 0 Å². The quantitative estimate of drug-likeness (QED) is 0.485. The summed E-state index contributed by atoms with van der Waals surface area (Å²) in [6.07, 6.45) is 0.439. The highest BCUT2D eigenvalue weighted by atomic mass is 79.9. The Morgan fingerprint density at radius 3 is 2.44 bits per heavy atom. The third-order valence-electron chi connectivity index (χ3n) is 2.70. The van der Waals surface area contributed by atoms with Crippen molar-refractivity contribution in [1.29, 1.82) is 0 Å². The van der Waals surface area contributed by atoms with Gasteiger partial charge >= 0.3 is 0 Å².